The summed E-state index contributed by atoms with van der Waals surface area (Å²) < 4.78 is 12.3. The van der Waals surface area contributed by atoms with Gasteiger partial charge in [-0.25, -0.2) is 0 Å². The van der Waals surface area contributed by atoms with Crippen LogP contribution < -0.4 is 9.47 Å². The summed E-state index contributed by atoms with van der Waals surface area (Å²) in [5.74, 6) is 1.68. The van der Waals surface area contributed by atoms with Gasteiger partial charge < -0.3 is 9.47 Å². The largest absolute Gasteiger partial charge is 0.497 e. The van der Waals surface area contributed by atoms with Crippen LogP contribution in [0.5, 0.6) is 11.5 Å². The molecule has 0 fully saturated rings. The number of rotatable bonds is 4. The van der Waals surface area contributed by atoms with E-state index in [2.05, 4.69) is 28.1 Å². The maximum atomic E-state index is 5.98. The first-order chi connectivity index (χ1) is 10.3. The molecule has 0 aliphatic carbocycles. The molecule has 3 aromatic carbocycles. The van der Waals surface area contributed by atoms with Gasteiger partial charge in [0.15, 0.2) is 0 Å². The van der Waals surface area contributed by atoms with E-state index >= 15 is 0 Å². The van der Waals surface area contributed by atoms with Crippen molar-refractivity contribution in [3.63, 3.8) is 0 Å². The van der Waals surface area contributed by atoms with Crippen LogP contribution in [-0.4, -0.2) is 7.11 Å². The first-order valence-corrected chi connectivity index (χ1v) is 7.50. The summed E-state index contributed by atoms with van der Waals surface area (Å²) in [6.45, 7) is 0.550. The molecule has 0 aliphatic heterocycles. The van der Waals surface area contributed by atoms with Gasteiger partial charge in [-0.1, -0.05) is 46.3 Å². The van der Waals surface area contributed by atoms with Gasteiger partial charge in [-0.2, -0.15) is 0 Å². The van der Waals surface area contributed by atoms with Crippen LogP contribution >= 0.6 is 15.9 Å². The minimum atomic E-state index is 0.550. The topological polar surface area (TPSA) is 18.5 Å². The molecule has 106 valence electrons. The molecule has 3 rings (SSSR count). The fourth-order valence-electron chi connectivity index (χ4n) is 2.25. The number of benzene rings is 3. The van der Waals surface area contributed by atoms with Gasteiger partial charge in [0.05, 0.1) is 7.11 Å². The lowest BCUT2D eigenvalue weighted by Gasteiger charge is -2.12. The molecule has 3 heteroatoms. The highest BCUT2D eigenvalue weighted by atomic mass is 79.9. The molecule has 0 aromatic heterocycles. The van der Waals surface area contributed by atoms with Crippen molar-refractivity contribution in [2.24, 2.45) is 0 Å². The maximum Gasteiger partial charge on any atom is 0.127 e. The summed E-state index contributed by atoms with van der Waals surface area (Å²) in [6, 6.07) is 20.1. The van der Waals surface area contributed by atoms with E-state index in [-0.39, 0.29) is 0 Å². The Labute approximate surface area is 132 Å². The smallest absolute Gasteiger partial charge is 0.127 e. The van der Waals surface area contributed by atoms with Gasteiger partial charge in [0, 0.05) is 9.86 Å². The van der Waals surface area contributed by atoms with Gasteiger partial charge in [0.1, 0.15) is 18.1 Å². The van der Waals surface area contributed by atoms with E-state index < -0.39 is 0 Å². The van der Waals surface area contributed by atoms with Crippen molar-refractivity contribution in [3.05, 3.63) is 70.7 Å². The Hall–Kier alpha value is -2.00. The highest BCUT2D eigenvalue weighted by molar-refractivity contribution is 9.10. The van der Waals surface area contributed by atoms with Crippen molar-refractivity contribution < 1.29 is 9.47 Å². The second-order valence-electron chi connectivity index (χ2n) is 4.73. The van der Waals surface area contributed by atoms with Gasteiger partial charge in [-0.3, -0.25) is 0 Å². The number of halogens is 1. The molecule has 0 heterocycles. The first-order valence-electron chi connectivity index (χ1n) is 6.71. The number of hydrogen-bond acceptors (Lipinski definition) is 2. The summed E-state index contributed by atoms with van der Waals surface area (Å²) in [5.41, 5.74) is 1.15. The third-order valence-corrected chi connectivity index (χ3v) is 4.06. The van der Waals surface area contributed by atoms with Crippen LogP contribution in [0.15, 0.2) is 65.1 Å². The van der Waals surface area contributed by atoms with Crippen LogP contribution in [0.2, 0.25) is 0 Å². The normalized spacial score (nSPS) is 10.6. The minimum Gasteiger partial charge on any atom is -0.497 e. The Morgan fingerprint density at radius 1 is 0.905 bits per heavy atom. The molecule has 0 unspecified atom stereocenters. The van der Waals surface area contributed by atoms with Crippen molar-refractivity contribution in [3.8, 4) is 11.5 Å². The number of fused-ring (bicyclic) bond motifs is 1. The lowest BCUT2D eigenvalue weighted by atomic mass is 10.1. The summed E-state index contributed by atoms with van der Waals surface area (Å²) in [6.07, 6.45) is 0. The molecule has 21 heavy (non-hydrogen) atoms. The Bertz CT molecular complexity index is 754. The number of methoxy groups -OCH3 is 1. The maximum absolute atomic E-state index is 5.98. The summed E-state index contributed by atoms with van der Waals surface area (Å²) in [7, 11) is 1.67. The summed E-state index contributed by atoms with van der Waals surface area (Å²) in [5, 5.41) is 2.15. The Morgan fingerprint density at radius 2 is 1.71 bits per heavy atom. The van der Waals surface area contributed by atoms with Crippen LogP contribution in [0, 0.1) is 0 Å². The van der Waals surface area contributed by atoms with Crippen LogP contribution in [-0.2, 0) is 6.61 Å². The van der Waals surface area contributed by atoms with E-state index in [4.69, 9.17) is 9.47 Å². The second kappa shape index (κ2) is 6.19. The summed E-state index contributed by atoms with van der Waals surface area (Å²) >= 11 is 3.58. The number of hydrogen-bond donors (Lipinski definition) is 0. The van der Waals surface area contributed by atoms with Gasteiger partial charge >= 0.3 is 0 Å². The molecule has 0 aliphatic rings. The third kappa shape index (κ3) is 3.03. The monoisotopic (exact) mass is 342 g/mol. The fourth-order valence-corrected chi connectivity index (χ4v) is 2.73. The molecule has 0 saturated heterocycles. The molecular formula is C18H15BrO2. The average molecular weight is 343 g/mol. The molecule has 0 spiro atoms. The van der Waals surface area contributed by atoms with E-state index in [0.717, 1.165) is 32.3 Å². The Morgan fingerprint density at radius 3 is 2.48 bits per heavy atom. The van der Waals surface area contributed by atoms with Crippen molar-refractivity contribution in [2.45, 2.75) is 6.61 Å². The lowest BCUT2D eigenvalue weighted by Crippen LogP contribution is -1.96. The molecule has 3 aromatic rings. The van der Waals surface area contributed by atoms with E-state index in [0.29, 0.717) is 6.61 Å². The van der Waals surface area contributed by atoms with Crippen LogP contribution in [0.1, 0.15) is 5.56 Å². The predicted octanol–water partition coefficient (Wildman–Crippen LogP) is 5.19. The zero-order valence-corrected chi connectivity index (χ0v) is 13.3. The standard InChI is InChI=1S/C18H15BrO2/c1-20-14-7-8-15-16(11-14)18(10-9-17(15)19)21-12-13-5-3-2-4-6-13/h2-11H,12H2,1H3. The molecule has 0 bridgehead atoms. The minimum absolute atomic E-state index is 0.550. The first kappa shape index (κ1) is 14.0. The molecule has 0 saturated carbocycles. The van der Waals surface area contributed by atoms with Crippen molar-refractivity contribution in [2.75, 3.05) is 7.11 Å². The molecular weight excluding hydrogens is 328 g/mol. The highest BCUT2D eigenvalue weighted by Gasteiger charge is 2.07. The van der Waals surface area contributed by atoms with E-state index in [1.165, 1.54) is 0 Å². The average Bonchev–Trinajstić information content (AvgIpc) is 2.55. The Kier molecular flexibility index (Phi) is 4.11. The third-order valence-electron chi connectivity index (χ3n) is 3.37. The molecule has 0 N–H and O–H groups in total. The second-order valence-corrected chi connectivity index (χ2v) is 5.59. The predicted molar refractivity (Wildman–Crippen MR) is 89.0 cm³/mol. The van der Waals surface area contributed by atoms with Gasteiger partial charge in [0.2, 0.25) is 0 Å². The molecule has 2 nitrogen and oxygen atoms in total. The van der Waals surface area contributed by atoms with E-state index in [1.807, 2.05) is 48.5 Å². The fraction of sp³-hybridized carbons (Fsp3) is 0.111. The lowest BCUT2D eigenvalue weighted by molar-refractivity contribution is 0.310. The zero-order valence-electron chi connectivity index (χ0n) is 11.7. The molecule has 0 atom stereocenters. The van der Waals surface area contributed by atoms with Crippen molar-refractivity contribution in [1.82, 2.24) is 0 Å². The van der Waals surface area contributed by atoms with Crippen LogP contribution in [0.3, 0.4) is 0 Å². The SMILES string of the molecule is COc1ccc2c(Br)ccc(OCc3ccccc3)c2c1. The zero-order chi connectivity index (χ0) is 14.7. The molecule has 0 radical (unpaired) electrons. The Balaban J connectivity index is 1.96. The van der Waals surface area contributed by atoms with Gasteiger partial charge in [-0.05, 0) is 41.3 Å². The summed E-state index contributed by atoms with van der Waals surface area (Å²) in [4.78, 5) is 0. The quantitative estimate of drug-likeness (QED) is 0.649. The van der Waals surface area contributed by atoms with Crippen LogP contribution in [0.4, 0.5) is 0 Å². The van der Waals surface area contributed by atoms with E-state index in [9.17, 15) is 0 Å². The van der Waals surface area contributed by atoms with Crippen LogP contribution in [0.25, 0.3) is 10.8 Å². The highest BCUT2D eigenvalue weighted by Crippen LogP contribution is 2.34. The van der Waals surface area contributed by atoms with Gasteiger partial charge in [-0.15, -0.1) is 0 Å². The molecule has 0 amide bonds. The van der Waals surface area contributed by atoms with Gasteiger partial charge in [0.25, 0.3) is 0 Å². The van der Waals surface area contributed by atoms with E-state index in [1.54, 1.807) is 7.11 Å². The van der Waals surface area contributed by atoms with Crippen molar-refractivity contribution in [1.29, 1.82) is 0 Å². The number of ether oxygens (including phenoxy) is 2. The van der Waals surface area contributed by atoms with Crippen molar-refractivity contribution >= 4 is 26.7 Å².